The van der Waals surface area contributed by atoms with Crippen LogP contribution in [0.3, 0.4) is 0 Å². The first-order valence-corrected chi connectivity index (χ1v) is 17.7. The van der Waals surface area contributed by atoms with E-state index in [-0.39, 0.29) is 29.5 Å². The predicted molar refractivity (Wildman–Crippen MR) is 192 cm³/mol. The van der Waals surface area contributed by atoms with Crippen LogP contribution >= 0.6 is 15.9 Å². The fourth-order valence-corrected chi connectivity index (χ4v) is 6.83. The number of nitrogens with one attached hydrogen (secondary N) is 1. The number of amides is 2. The summed E-state index contributed by atoms with van der Waals surface area (Å²) in [6, 6.07) is 27.1. The Hall–Kier alpha value is -4.35. The molecule has 48 heavy (non-hydrogen) atoms. The normalized spacial score (nSPS) is 12.1. The molecule has 0 unspecified atom stereocenters. The Kier molecular flexibility index (Phi) is 11.9. The van der Waals surface area contributed by atoms with Crippen LogP contribution in [0.1, 0.15) is 37.5 Å². The summed E-state index contributed by atoms with van der Waals surface area (Å²) in [5, 5.41) is 3.04. The van der Waals surface area contributed by atoms with Crippen molar-refractivity contribution in [2.45, 2.75) is 57.1 Å². The van der Waals surface area contributed by atoms with Gasteiger partial charge in [-0.25, -0.2) is 8.42 Å². The van der Waals surface area contributed by atoms with Crippen molar-refractivity contribution in [1.82, 2.24) is 10.2 Å². The summed E-state index contributed by atoms with van der Waals surface area (Å²) in [5.74, 6) is -0.301. The van der Waals surface area contributed by atoms with Crippen LogP contribution in [0.25, 0.3) is 0 Å². The summed E-state index contributed by atoms with van der Waals surface area (Å²) in [6.45, 7) is 7.02. The number of nitrogens with zero attached hydrogens (tertiary/aromatic N) is 2. The average molecular weight is 737 g/mol. The van der Waals surface area contributed by atoms with E-state index in [2.05, 4.69) is 21.2 Å². The zero-order valence-corrected chi connectivity index (χ0v) is 30.5. The van der Waals surface area contributed by atoms with Crippen LogP contribution in [0, 0.1) is 6.92 Å². The van der Waals surface area contributed by atoms with Gasteiger partial charge >= 0.3 is 0 Å². The smallest absolute Gasteiger partial charge is 0.264 e. The van der Waals surface area contributed by atoms with E-state index in [0.29, 0.717) is 11.4 Å². The lowest BCUT2D eigenvalue weighted by atomic mass is 10.0. The zero-order valence-electron chi connectivity index (χ0n) is 28.1. The molecule has 1 atom stereocenters. The number of ether oxygens (including phenoxy) is 2. The second-order valence-electron chi connectivity index (χ2n) is 12.5. The highest BCUT2D eigenvalue weighted by atomic mass is 79.9. The maximum atomic E-state index is 14.7. The number of rotatable bonds is 13. The third-order valence-electron chi connectivity index (χ3n) is 7.58. The van der Waals surface area contributed by atoms with Crippen molar-refractivity contribution in [1.29, 1.82) is 0 Å². The van der Waals surface area contributed by atoms with E-state index in [1.54, 1.807) is 24.3 Å². The molecular formula is C37H42BrN3O6S. The number of hydrogen-bond donors (Lipinski definition) is 1. The highest BCUT2D eigenvalue weighted by Crippen LogP contribution is 2.32. The number of sulfonamides is 1. The van der Waals surface area contributed by atoms with Gasteiger partial charge in [-0.2, -0.15) is 0 Å². The molecule has 11 heteroatoms. The number of benzene rings is 4. The largest absolute Gasteiger partial charge is 0.493 e. The van der Waals surface area contributed by atoms with Crippen LogP contribution in [0.2, 0.25) is 0 Å². The molecule has 0 aromatic heterocycles. The van der Waals surface area contributed by atoms with Crippen molar-refractivity contribution in [3.63, 3.8) is 0 Å². The van der Waals surface area contributed by atoms with Crippen LogP contribution in [0.4, 0.5) is 5.69 Å². The third-order valence-corrected chi connectivity index (χ3v) is 9.88. The highest BCUT2D eigenvalue weighted by molar-refractivity contribution is 9.10. The lowest BCUT2D eigenvalue weighted by molar-refractivity contribution is -0.140. The lowest BCUT2D eigenvalue weighted by Gasteiger charge is -2.35. The molecule has 4 aromatic rings. The SMILES string of the molecule is COc1ccc(S(=O)(=O)N(CC(=O)N(Cc2ccc(Br)cc2)[C@@H](Cc2ccccc2)C(=O)NC(C)(C)C)c2ccc(C)cc2)cc1OC. The molecular weight excluding hydrogens is 694 g/mol. The summed E-state index contributed by atoms with van der Waals surface area (Å²) in [6.07, 6.45) is 0.220. The van der Waals surface area contributed by atoms with E-state index < -0.39 is 34.1 Å². The Bertz CT molecular complexity index is 1810. The van der Waals surface area contributed by atoms with Gasteiger partial charge in [0.25, 0.3) is 10.0 Å². The molecule has 254 valence electrons. The van der Waals surface area contributed by atoms with Crippen molar-refractivity contribution >= 4 is 43.5 Å². The summed E-state index contributed by atoms with van der Waals surface area (Å²) in [4.78, 5) is 30.1. The zero-order chi connectivity index (χ0) is 35.1. The number of hydrogen-bond acceptors (Lipinski definition) is 6. The minimum absolute atomic E-state index is 0.0688. The number of halogens is 1. The maximum Gasteiger partial charge on any atom is 0.264 e. The van der Waals surface area contributed by atoms with Crippen molar-refractivity contribution < 1.29 is 27.5 Å². The fourth-order valence-electron chi connectivity index (χ4n) is 5.14. The van der Waals surface area contributed by atoms with Gasteiger partial charge in [-0.3, -0.25) is 13.9 Å². The highest BCUT2D eigenvalue weighted by Gasteiger charge is 2.36. The van der Waals surface area contributed by atoms with E-state index in [1.165, 1.54) is 37.3 Å². The monoisotopic (exact) mass is 735 g/mol. The van der Waals surface area contributed by atoms with E-state index >= 15 is 0 Å². The molecule has 4 rings (SSSR count). The van der Waals surface area contributed by atoms with Gasteiger partial charge in [-0.1, -0.05) is 76.1 Å². The molecule has 0 aliphatic rings. The van der Waals surface area contributed by atoms with Crippen LogP contribution in [0.5, 0.6) is 11.5 Å². The molecule has 0 spiro atoms. The Morgan fingerprint density at radius 2 is 1.46 bits per heavy atom. The Balaban J connectivity index is 1.83. The number of anilines is 1. The van der Waals surface area contributed by atoms with E-state index in [9.17, 15) is 18.0 Å². The molecule has 0 aliphatic heterocycles. The van der Waals surface area contributed by atoms with E-state index in [4.69, 9.17) is 9.47 Å². The van der Waals surface area contributed by atoms with E-state index in [0.717, 1.165) is 25.5 Å². The molecule has 0 bridgehead atoms. The first-order valence-electron chi connectivity index (χ1n) is 15.4. The number of methoxy groups -OCH3 is 2. The first kappa shape index (κ1) is 36.5. The summed E-state index contributed by atoms with van der Waals surface area (Å²) in [7, 11) is -1.44. The fraction of sp³-hybridized carbons (Fsp3) is 0.297. The number of aryl methyl sites for hydroxylation is 1. The average Bonchev–Trinajstić information content (AvgIpc) is 3.05. The summed E-state index contributed by atoms with van der Waals surface area (Å²) < 4.78 is 41.4. The van der Waals surface area contributed by atoms with Crippen LogP contribution in [0.15, 0.2) is 106 Å². The maximum absolute atomic E-state index is 14.7. The second-order valence-corrected chi connectivity index (χ2v) is 15.2. The summed E-state index contributed by atoms with van der Waals surface area (Å²) >= 11 is 3.46. The first-order chi connectivity index (χ1) is 22.7. The van der Waals surface area contributed by atoms with Gasteiger partial charge in [0.05, 0.1) is 24.8 Å². The number of carbonyl (C=O) groups excluding carboxylic acids is 2. The Labute approximate surface area is 292 Å². The third kappa shape index (κ3) is 9.38. The molecule has 2 amide bonds. The standard InChI is InChI=1S/C37H42BrN3O6S/c1-26-12-18-30(19-13-26)41(48(44,45)31-20-21-33(46-5)34(23-31)47-6)25-35(42)40(24-28-14-16-29(38)17-15-28)32(36(43)39-37(2,3)4)22-27-10-8-7-9-11-27/h7-21,23,32H,22,24-25H2,1-6H3,(H,39,43)/t32-/m0/s1. The van der Waals surface area contributed by atoms with Crippen LogP contribution in [-0.2, 0) is 32.6 Å². The van der Waals surface area contributed by atoms with E-state index in [1.807, 2.05) is 82.3 Å². The molecule has 4 aromatic carbocycles. The van der Waals surface area contributed by atoms with Crippen molar-refractivity contribution in [3.05, 3.63) is 118 Å². The van der Waals surface area contributed by atoms with Gasteiger partial charge in [-0.15, -0.1) is 0 Å². The van der Waals surface area contributed by atoms with Gasteiger partial charge in [0.1, 0.15) is 12.6 Å². The molecule has 0 fully saturated rings. The molecule has 0 aliphatic carbocycles. The molecule has 0 heterocycles. The summed E-state index contributed by atoms with van der Waals surface area (Å²) in [5.41, 5.74) is 2.27. The minimum atomic E-state index is -4.32. The number of carbonyl (C=O) groups is 2. The minimum Gasteiger partial charge on any atom is -0.493 e. The molecule has 0 radical (unpaired) electrons. The molecule has 1 N–H and O–H groups in total. The lowest BCUT2D eigenvalue weighted by Crippen LogP contribution is -2.56. The van der Waals surface area contributed by atoms with Gasteiger partial charge in [0.15, 0.2) is 11.5 Å². The van der Waals surface area contributed by atoms with Crippen molar-refractivity contribution in [3.8, 4) is 11.5 Å². The predicted octanol–water partition coefficient (Wildman–Crippen LogP) is 6.52. The van der Waals surface area contributed by atoms with Gasteiger partial charge in [0, 0.05) is 29.0 Å². The van der Waals surface area contributed by atoms with Gasteiger partial charge in [0.2, 0.25) is 11.8 Å². The van der Waals surface area contributed by atoms with Crippen molar-refractivity contribution in [2.24, 2.45) is 0 Å². The molecule has 0 saturated heterocycles. The Morgan fingerprint density at radius 3 is 2.04 bits per heavy atom. The Morgan fingerprint density at radius 1 is 0.833 bits per heavy atom. The molecule has 9 nitrogen and oxygen atoms in total. The van der Waals surface area contributed by atoms with Crippen molar-refractivity contribution in [2.75, 3.05) is 25.1 Å². The van der Waals surface area contributed by atoms with Gasteiger partial charge in [-0.05, 0) is 75.2 Å². The van der Waals surface area contributed by atoms with Gasteiger partial charge < -0.3 is 19.7 Å². The topological polar surface area (TPSA) is 105 Å². The molecule has 0 saturated carbocycles. The quantitative estimate of drug-likeness (QED) is 0.168. The second kappa shape index (κ2) is 15.7. The van der Waals surface area contributed by atoms with Crippen LogP contribution in [-0.4, -0.2) is 57.5 Å². The van der Waals surface area contributed by atoms with Crippen LogP contribution < -0.4 is 19.1 Å².